The Bertz CT molecular complexity index is 557. The lowest BCUT2D eigenvalue weighted by atomic mass is 10.1. The number of nitrogens with zero attached hydrogens (tertiary/aromatic N) is 1. The lowest BCUT2D eigenvalue weighted by molar-refractivity contribution is -0.115. The highest BCUT2D eigenvalue weighted by Gasteiger charge is 2.08. The van der Waals surface area contributed by atoms with Crippen LogP contribution in [0.4, 0.5) is 10.2 Å². The second-order valence-corrected chi connectivity index (χ2v) is 4.59. The number of rotatable bonds is 3. The maximum atomic E-state index is 13.3. The molecular weight excluding hydrogens is 299 g/mol. The first kappa shape index (κ1) is 12.7. The summed E-state index contributed by atoms with van der Waals surface area (Å²) in [5.41, 5.74) is 0.368. The molecule has 2 rings (SSSR count). The molecule has 0 aliphatic heterocycles. The fourth-order valence-electron chi connectivity index (χ4n) is 1.45. The summed E-state index contributed by atoms with van der Waals surface area (Å²) in [7, 11) is 0. The van der Waals surface area contributed by atoms with E-state index in [1.54, 1.807) is 36.5 Å². The molecule has 18 heavy (non-hydrogen) atoms. The summed E-state index contributed by atoms with van der Waals surface area (Å²) < 4.78 is 14.2. The molecule has 0 aliphatic carbocycles. The molecule has 0 unspecified atom stereocenters. The summed E-state index contributed by atoms with van der Waals surface area (Å²) in [6.07, 6.45) is 1.57. The van der Waals surface area contributed by atoms with Crippen LogP contribution >= 0.6 is 15.9 Å². The minimum Gasteiger partial charge on any atom is -0.310 e. The number of halogens is 2. The average molecular weight is 309 g/mol. The standard InChI is InChI=1S/C13H10BrFN2O/c14-10-5-6-12(16-8-10)17-13(18)7-9-3-1-2-4-11(9)15/h1-6,8H,7H2,(H,16,17,18). The van der Waals surface area contributed by atoms with Gasteiger partial charge in [0.05, 0.1) is 6.42 Å². The maximum absolute atomic E-state index is 13.3. The first-order valence-electron chi connectivity index (χ1n) is 5.30. The Labute approximate surface area is 112 Å². The number of nitrogens with one attached hydrogen (secondary N) is 1. The molecule has 0 bridgehead atoms. The van der Waals surface area contributed by atoms with Gasteiger partial charge in [-0.3, -0.25) is 4.79 Å². The molecule has 0 saturated carbocycles. The van der Waals surface area contributed by atoms with Gasteiger partial charge in [-0.05, 0) is 39.7 Å². The smallest absolute Gasteiger partial charge is 0.230 e. The Morgan fingerprint density at radius 2 is 2.06 bits per heavy atom. The first-order chi connectivity index (χ1) is 8.65. The van der Waals surface area contributed by atoms with Crippen LogP contribution in [-0.2, 0) is 11.2 Å². The van der Waals surface area contributed by atoms with Gasteiger partial charge < -0.3 is 5.32 Å². The fourth-order valence-corrected chi connectivity index (χ4v) is 1.69. The molecule has 3 nitrogen and oxygen atoms in total. The van der Waals surface area contributed by atoms with E-state index in [-0.39, 0.29) is 18.1 Å². The lowest BCUT2D eigenvalue weighted by Crippen LogP contribution is -2.15. The van der Waals surface area contributed by atoms with Crippen molar-refractivity contribution in [3.63, 3.8) is 0 Å². The van der Waals surface area contributed by atoms with Gasteiger partial charge in [0, 0.05) is 10.7 Å². The van der Waals surface area contributed by atoms with Crippen LogP contribution in [0.5, 0.6) is 0 Å². The number of benzene rings is 1. The molecule has 5 heteroatoms. The quantitative estimate of drug-likeness (QED) is 0.946. The lowest BCUT2D eigenvalue weighted by Gasteiger charge is -2.05. The molecule has 1 amide bonds. The number of pyridine rings is 1. The van der Waals surface area contributed by atoms with E-state index >= 15 is 0 Å². The topological polar surface area (TPSA) is 42.0 Å². The Morgan fingerprint density at radius 3 is 2.72 bits per heavy atom. The Hall–Kier alpha value is -1.75. The molecule has 1 N–H and O–H groups in total. The van der Waals surface area contributed by atoms with E-state index in [4.69, 9.17) is 0 Å². The van der Waals surface area contributed by atoms with Gasteiger partial charge in [0.2, 0.25) is 5.91 Å². The minimum absolute atomic E-state index is 0.00951. The highest BCUT2D eigenvalue weighted by molar-refractivity contribution is 9.10. The number of amides is 1. The third-order valence-electron chi connectivity index (χ3n) is 2.30. The highest BCUT2D eigenvalue weighted by Crippen LogP contribution is 2.12. The van der Waals surface area contributed by atoms with Gasteiger partial charge in [-0.2, -0.15) is 0 Å². The van der Waals surface area contributed by atoms with E-state index in [1.807, 2.05) is 0 Å². The van der Waals surface area contributed by atoms with Crippen molar-refractivity contribution in [2.24, 2.45) is 0 Å². The summed E-state index contributed by atoms with van der Waals surface area (Å²) in [6.45, 7) is 0. The van der Waals surface area contributed by atoms with Crippen LogP contribution in [0.2, 0.25) is 0 Å². The molecule has 0 radical (unpaired) electrons. The van der Waals surface area contributed by atoms with Crippen molar-refractivity contribution in [1.82, 2.24) is 4.98 Å². The van der Waals surface area contributed by atoms with Crippen molar-refractivity contribution in [2.45, 2.75) is 6.42 Å². The Morgan fingerprint density at radius 1 is 1.28 bits per heavy atom. The number of carbonyl (C=O) groups excluding carboxylic acids is 1. The summed E-state index contributed by atoms with van der Waals surface area (Å²) >= 11 is 3.25. The van der Waals surface area contributed by atoms with Crippen molar-refractivity contribution in [1.29, 1.82) is 0 Å². The molecule has 0 atom stereocenters. The minimum atomic E-state index is -0.378. The predicted octanol–water partition coefficient (Wildman–Crippen LogP) is 3.16. The van der Waals surface area contributed by atoms with E-state index in [1.165, 1.54) is 6.07 Å². The van der Waals surface area contributed by atoms with Crippen LogP contribution in [0.25, 0.3) is 0 Å². The second kappa shape index (κ2) is 5.73. The van der Waals surface area contributed by atoms with Crippen molar-refractivity contribution in [3.8, 4) is 0 Å². The fraction of sp³-hybridized carbons (Fsp3) is 0.0769. The van der Waals surface area contributed by atoms with Gasteiger partial charge in [0.25, 0.3) is 0 Å². The normalized spacial score (nSPS) is 10.1. The molecule has 1 aromatic carbocycles. The van der Waals surface area contributed by atoms with Gasteiger partial charge in [-0.1, -0.05) is 18.2 Å². The molecule has 0 saturated heterocycles. The van der Waals surface area contributed by atoms with Gasteiger partial charge in [-0.15, -0.1) is 0 Å². The molecular formula is C13H10BrFN2O. The molecule has 1 aromatic heterocycles. The Kier molecular flexibility index (Phi) is 4.04. The van der Waals surface area contributed by atoms with E-state index in [9.17, 15) is 9.18 Å². The number of carbonyl (C=O) groups is 1. The van der Waals surface area contributed by atoms with E-state index in [0.717, 1.165) is 4.47 Å². The summed E-state index contributed by atoms with van der Waals surface area (Å²) in [4.78, 5) is 15.7. The summed E-state index contributed by atoms with van der Waals surface area (Å²) in [6, 6.07) is 9.65. The first-order valence-corrected chi connectivity index (χ1v) is 6.09. The third kappa shape index (κ3) is 3.37. The summed E-state index contributed by atoms with van der Waals surface area (Å²) in [5.74, 6) is -0.231. The largest absolute Gasteiger partial charge is 0.310 e. The van der Waals surface area contributed by atoms with Crippen LogP contribution in [0.1, 0.15) is 5.56 Å². The monoisotopic (exact) mass is 308 g/mol. The molecule has 0 aliphatic rings. The molecule has 2 aromatic rings. The number of aromatic nitrogens is 1. The molecule has 1 heterocycles. The van der Waals surface area contributed by atoms with Crippen LogP contribution in [0.3, 0.4) is 0 Å². The van der Waals surface area contributed by atoms with Gasteiger partial charge in [0.1, 0.15) is 11.6 Å². The number of hydrogen-bond acceptors (Lipinski definition) is 2. The maximum Gasteiger partial charge on any atom is 0.230 e. The number of anilines is 1. The second-order valence-electron chi connectivity index (χ2n) is 3.68. The van der Waals surface area contributed by atoms with Gasteiger partial charge >= 0.3 is 0 Å². The van der Waals surface area contributed by atoms with E-state index < -0.39 is 0 Å². The van der Waals surface area contributed by atoms with Crippen LogP contribution in [-0.4, -0.2) is 10.9 Å². The highest BCUT2D eigenvalue weighted by atomic mass is 79.9. The zero-order valence-corrected chi connectivity index (χ0v) is 10.9. The van der Waals surface area contributed by atoms with Crippen molar-refractivity contribution >= 4 is 27.7 Å². The summed E-state index contributed by atoms with van der Waals surface area (Å²) in [5, 5.41) is 2.61. The number of hydrogen-bond donors (Lipinski definition) is 1. The molecule has 0 fully saturated rings. The Balaban J connectivity index is 2.01. The zero-order valence-electron chi connectivity index (χ0n) is 9.36. The zero-order chi connectivity index (χ0) is 13.0. The average Bonchev–Trinajstić information content (AvgIpc) is 2.35. The van der Waals surface area contributed by atoms with Crippen molar-refractivity contribution in [3.05, 3.63) is 58.4 Å². The van der Waals surface area contributed by atoms with Crippen LogP contribution in [0.15, 0.2) is 47.1 Å². The van der Waals surface area contributed by atoms with Gasteiger partial charge in [-0.25, -0.2) is 9.37 Å². The molecule has 92 valence electrons. The van der Waals surface area contributed by atoms with Gasteiger partial charge in [0.15, 0.2) is 0 Å². The van der Waals surface area contributed by atoms with Crippen molar-refractivity contribution in [2.75, 3.05) is 5.32 Å². The SMILES string of the molecule is O=C(Cc1ccccc1F)Nc1ccc(Br)cn1. The van der Waals surface area contributed by atoms with Crippen LogP contribution < -0.4 is 5.32 Å². The van der Waals surface area contributed by atoms with Crippen LogP contribution in [0, 0.1) is 5.82 Å². The predicted molar refractivity (Wildman–Crippen MR) is 70.7 cm³/mol. The third-order valence-corrected chi connectivity index (χ3v) is 2.77. The molecule has 0 spiro atoms. The van der Waals surface area contributed by atoms with E-state index in [2.05, 4.69) is 26.2 Å². The van der Waals surface area contributed by atoms with E-state index in [0.29, 0.717) is 11.4 Å². The van der Waals surface area contributed by atoms with Crippen molar-refractivity contribution < 1.29 is 9.18 Å².